The largest absolute Gasteiger partial charge is 0.480 e. The van der Waals surface area contributed by atoms with Gasteiger partial charge in [-0.05, 0) is 18.1 Å². The average Bonchev–Trinajstić information content (AvgIpc) is 2.42. The fourth-order valence-electron chi connectivity index (χ4n) is 1.78. The normalized spacial score (nSPS) is 11.9. The van der Waals surface area contributed by atoms with Crippen LogP contribution in [0, 0.1) is 0 Å². The highest BCUT2D eigenvalue weighted by molar-refractivity contribution is 5.97. The molecule has 0 aromatic heterocycles. The van der Waals surface area contributed by atoms with Crippen molar-refractivity contribution in [3.05, 3.63) is 35.4 Å². The zero-order chi connectivity index (χ0) is 14.3. The minimum Gasteiger partial charge on any atom is -0.480 e. The molecule has 0 aliphatic rings. The van der Waals surface area contributed by atoms with Crippen molar-refractivity contribution in [3.63, 3.8) is 0 Å². The fourth-order valence-corrected chi connectivity index (χ4v) is 1.78. The molecule has 19 heavy (non-hydrogen) atoms. The molecule has 5 heteroatoms. The summed E-state index contributed by atoms with van der Waals surface area (Å²) in [7, 11) is 1.49. The van der Waals surface area contributed by atoms with E-state index in [4.69, 9.17) is 9.84 Å². The second kappa shape index (κ2) is 7.53. The molecule has 5 nitrogen and oxygen atoms in total. The molecule has 0 heterocycles. The van der Waals surface area contributed by atoms with Gasteiger partial charge in [-0.3, -0.25) is 4.79 Å². The topological polar surface area (TPSA) is 75.6 Å². The zero-order valence-electron chi connectivity index (χ0n) is 11.2. The van der Waals surface area contributed by atoms with Crippen molar-refractivity contribution >= 4 is 11.9 Å². The Balaban J connectivity index is 2.78. The van der Waals surface area contributed by atoms with Crippen molar-refractivity contribution in [1.29, 1.82) is 0 Å². The molecule has 104 valence electrons. The molecule has 0 spiro atoms. The van der Waals surface area contributed by atoms with E-state index in [-0.39, 0.29) is 18.9 Å². The van der Waals surface area contributed by atoms with Crippen molar-refractivity contribution in [3.8, 4) is 0 Å². The first-order valence-corrected chi connectivity index (χ1v) is 6.20. The number of aliphatic carboxylic acids is 1. The highest BCUT2D eigenvalue weighted by atomic mass is 16.5. The second-order valence-corrected chi connectivity index (χ2v) is 4.16. The Kier molecular flexibility index (Phi) is 6.02. The van der Waals surface area contributed by atoms with Gasteiger partial charge in [0.25, 0.3) is 5.91 Å². The summed E-state index contributed by atoms with van der Waals surface area (Å²) >= 11 is 0. The Labute approximate surface area is 112 Å². The van der Waals surface area contributed by atoms with Gasteiger partial charge in [0.15, 0.2) is 0 Å². The molecular weight excluding hydrogens is 246 g/mol. The van der Waals surface area contributed by atoms with E-state index in [9.17, 15) is 9.59 Å². The van der Waals surface area contributed by atoms with Gasteiger partial charge in [-0.15, -0.1) is 0 Å². The van der Waals surface area contributed by atoms with Crippen LogP contribution in [0.2, 0.25) is 0 Å². The maximum Gasteiger partial charge on any atom is 0.326 e. The van der Waals surface area contributed by atoms with E-state index in [0.29, 0.717) is 5.56 Å². The number of carboxylic acids is 1. The van der Waals surface area contributed by atoms with Crippen LogP contribution in [0.4, 0.5) is 0 Å². The Morgan fingerprint density at radius 2 is 2.05 bits per heavy atom. The Bertz CT molecular complexity index is 445. The third-order valence-corrected chi connectivity index (χ3v) is 2.86. The van der Waals surface area contributed by atoms with Crippen LogP contribution in [-0.2, 0) is 16.0 Å². The summed E-state index contributed by atoms with van der Waals surface area (Å²) in [5.74, 6) is -1.42. The van der Waals surface area contributed by atoms with Gasteiger partial charge in [0.2, 0.25) is 0 Å². The monoisotopic (exact) mass is 265 g/mol. The van der Waals surface area contributed by atoms with Crippen LogP contribution >= 0.6 is 0 Å². The standard InChI is InChI=1S/C14H19NO4/c1-3-10-6-4-5-7-11(10)13(16)15-12(14(17)18)8-9-19-2/h4-7,12H,3,8-9H2,1-2H3,(H,15,16)(H,17,18). The van der Waals surface area contributed by atoms with Gasteiger partial charge < -0.3 is 15.2 Å². The van der Waals surface area contributed by atoms with E-state index in [0.717, 1.165) is 12.0 Å². The number of amides is 1. The van der Waals surface area contributed by atoms with Crippen LogP contribution in [0.25, 0.3) is 0 Å². The average molecular weight is 265 g/mol. The summed E-state index contributed by atoms with van der Waals surface area (Å²) in [4.78, 5) is 23.1. The number of ether oxygens (including phenoxy) is 1. The number of carboxylic acid groups (broad SMARTS) is 1. The van der Waals surface area contributed by atoms with Gasteiger partial charge in [-0.25, -0.2) is 4.79 Å². The minimum absolute atomic E-state index is 0.242. The molecule has 1 rings (SSSR count). The molecule has 1 unspecified atom stereocenters. The predicted octanol–water partition coefficient (Wildman–Crippen LogP) is 1.47. The van der Waals surface area contributed by atoms with Crippen LogP contribution in [-0.4, -0.2) is 36.7 Å². The Morgan fingerprint density at radius 1 is 1.37 bits per heavy atom. The van der Waals surface area contributed by atoms with Crippen molar-refractivity contribution in [1.82, 2.24) is 5.32 Å². The number of benzene rings is 1. The van der Waals surface area contributed by atoms with Crippen LogP contribution in [0.1, 0.15) is 29.3 Å². The Hall–Kier alpha value is -1.88. The van der Waals surface area contributed by atoms with Crippen LogP contribution in [0.5, 0.6) is 0 Å². The van der Waals surface area contributed by atoms with Gasteiger partial charge in [0.1, 0.15) is 6.04 Å². The molecule has 1 amide bonds. The lowest BCUT2D eigenvalue weighted by Gasteiger charge is -2.15. The van der Waals surface area contributed by atoms with Gasteiger partial charge in [-0.1, -0.05) is 25.1 Å². The van der Waals surface area contributed by atoms with Crippen molar-refractivity contribution < 1.29 is 19.4 Å². The number of aryl methyl sites for hydroxylation is 1. The van der Waals surface area contributed by atoms with E-state index < -0.39 is 12.0 Å². The number of methoxy groups -OCH3 is 1. The number of hydrogen-bond acceptors (Lipinski definition) is 3. The molecule has 0 aliphatic carbocycles. The predicted molar refractivity (Wildman–Crippen MR) is 71.2 cm³/mol. The summed E-state index contributed by atoms with van der Waals surface area (Å²) in [6, 6.07) is 6.25. The minimum atomic E-state index is -1.06. The molecule has 0 bridgehead atoms. The van der Waals surface area contributed by atoms with Gasteiger partial charge in [0, 0.05) is 25.7 Å². The lowest BCUT2D eigenvalue weighted by atomic mass is 10.0. The molecular formula is C14H19NO4. The molecule has 0 fully saturated rings. The Morgan fingerprint density at radius 3 is 2.63 bits per heavy atom. The molecule has 0 saturated carbocycles. The smallest absolute Gasteiger partial charge is 0.326 e. The summed E-state index contributed by atoms with van der Waals surface area (Å²) in [5.41, 5.74) is 1.42. The van der Waals surface area contributed by atoms with E-state index in [1.54, 1.807) is 12.1 Å². The van der Waals surface area contributed by atoms with Crippen molar-refractivity contribution in [2.45, 2.75) is 25.8 Å². The molecule has 0 radical (unpaired) electrons. The highest BCUT2D eigenvalue weighted by Gasteiger charge is 2.21. The summed E-state index contributed by atoms with van der Waals surface area (Å²) in [6.45, 7) is 2.23. The summed E-state index contributed by atoms with van der Waals surface area (Å²) in [6.07, 6.45) is 0.964. The van der Waals surface area contributed by atoms with Crippen LogP contribution in [0.15, 0.2) is 24.3 Å². The van der Waals surface area contributed by atoms with Gasteiger partial charge in [0.05, 0.1) is 0 Å². The van der Waals surface area contributed by atoms with Crippen molar-refractivity contribution in [2.24, 2.45) is 0 Å². The molecule has 2 N–H and O–H groups in total. The summed E-state index contributed by atoms with van der Waals surface area (Å²) in [5, 5.41) is 11.6. The van der Waals surface area contributed by atoms with Crippen LogP contribution < -0.4 is 5.32 Å². The number of nitrogens with one attached hydrogen (secondary N) is 1. The fraction of sp³-hybridized carbons (Fsp3) is 0.429. The first kappa shape index (κ1) is 15.2. The maximum atomic E-state index is 12.1. The van der Waals surface area contributed by atoms with Crippen LogP contribution in [0.3, 0.4) is 0 Å². The van der Waals surface area contributed by atoms with E-state index in [1.165, 1.54) is 7.11 Å². The molecule has 1 aromatic rings. The van der Waals surface area contributed by atoms with E-state index >= 15 is 0 Å². The lowest BCUT2D eigenvalue weighted by Crippen LogP contribution is -2.41. The molecule has 1 aromatic carbocycles. The molecule has 1 atom stereocenters. The van der Waals surface area contributed by atoms with Gasteiger partial charge in [-0.2, -0.15) is 0 Å². The SMILES string of the molecule is CCc1ccccc1C(=O)NC(CCOC)C(=O)O. The highest BCUT2D eigenvalue weighted by Crippen LogP contribution is 2.10. The lowest BCUT2D eigenvalue weighted by molar-refractivity contribution is -0.139. The number of carbonyl (C=O) groups is 2. The first-order chi connectivity index (χ1) is 9.10. The first-order valence-electron chi connectivity index (χ1n) is 6.20. The van der Waals surface area contributed by atoms with Crippen molar-refractivity contribution in [2.75, 3.05) is 13.7 Å². The van der Waals surface area contributed by atoms with E-state index in [2.05, 4.69) is 5.32 Å². The number of hydrogen-bond donors (Lipinski definition) is 2. The quantitative estimate of drug-likeness (QED) is 0.782. The third kappa shape index (κ3) is 4.37. The van der Waals surface area contributed by atoms with E-state index in [1.807, 2.05) is 19.1 Å². The maximum absolute atomic E-state index is 12.1. The number of rotatable bonds is 7. The second-order valence-electron chi connectivity index (χ2n) is 4.16. The van der Waals surface area contributed by atoms with Gasteiger partial charge >= 0.3 is 5.97 Å². The molecule has 0 aliphatic heterocycles. The summed E-state index contributed by atoms with van der Waals surface area (Å²) < 4.78 is 4.84. The zero-order valence-corrected chi connectivity index (χ0v) is 11.2. The molecule has 0 saturated heterocycles. The number of carbonyl (C=O) groups excluding carboxylic acids is 1. The third-order valence-electron chi connectivity index (χ3n) is 2.86.